The van der Waals surface area contributed by atoms with E-state index in [0.29, 0.717) is 0 Å². The fourth-order valence-corrected chi connectivity index (χ4v) is 2.05. The largest absolute Gasteiger partial charge is 0.272 e. The molecule has 1 saturated carbocycles. The number of hydrogen-bond acceptors (Lipinski definition) is 1. The second-order valence-corrected chi connectivity index (χ2v) is 4.18. The minimum Gasteiger partial charge on any atom is -0.272 e. The lowest BCUT2D eigenvalue weighted by molar-refractivity contribution is 0.182. The molecular weight excluding hydrogens is 148 g/mol. The van der Waals surface area contributed by atoms with Gasteiger partial charge in [-0.05, 0) is 37.2 Å². The van der Waals surface area contributed by atoms with Gasteiger partial charge in [-0.1, -0.05) is 6.92 Å². The van der Waals surface area contributed by atoms with Gasteiger partial charge < -0.3 is 0 Å². The van der Waals surface area contributed by atoms with Crippen molar-refractivity contribution >= 4 is 0 Å². The van der Waals surface area contributed by atoms with Crippen molar-refractivity contribution in [3.63, 3.8) is 0 Å². The summed E-state index contributed by atoms with van der Waals surface area (Å²) < 4.78 is 2.08. The highest BCUT2D eigenvalue weighted by Crippen LogP contribution is 2.33. The van der Waals surface area contributed by atoms with Crippen molar-refractivity contribution in [1.82, 2.24) is 9.78 Å². The highest BCUT2D eigenvalue weighted by molar-refractivity contribution is 4.99. The average molecular weight is 164 g/mol. The van der Waals surface area contributed by atoms with Crippen LogP contribution in [0.2, 0.25) is 0 Å². The molecule has 2 heteroatoms. The maximum Gasteiger partial charge on any atom is 0.0518 e. The van der Waals surface area contributed by atoms with Gasteiger partial charge in [-0.15, -0.1) is 0 Å². The van der Waals surface area contributed by atoms with E-state index in [1.54, 1.807) is 0 Å². The van der Waals surface area contributed by atoms with Crippen molar-refractivity contribution in [3.05, 3.63) is 18.0 Å². The maximum atomic E-state index is 4.28. The molecule has 0 aromatic carbocycles. The number of aromatic nitrogens is 2. The van der Waals surface area contributed by atoms with Gasteiger partial charge in [0, 0.05) is 12.7 Å². The highest BCUT2D eigenvalue weighted by atomic mass is 15.3. The SMILES string of the molecule is Cc1cnn(CC2CC(C)C2)c1. The molecule has 0 atom stereocenters. The maximum absolute atomic E-state index is 4.28. The summed E-state index contributed by atoms with van der Waals surface area (Å²) >= 11 is 0. The molecule has 1 aliphatic rings. The molecule has 1 heterocycles. The van der Waals surface area contributed by atoms with Gasteiger partial charge in [-0.3, -0.25) is 4.68 Å². The van der Waals surface area contributed by atoms with Crippen molar-refractivity contribution in [2.24, 2.45) is 11.8 Å². The van der Waals surface area contributed by atoms with Crippen molar-refractivity contribution in [2.75, 3.05) is 0 Å². The Kier molecular flexibility index (Phi) is 1.91. The van der Waals surface area contributed by atoms with Crippen LogP contribution < -0.4 is 0 Å². The predicted molar refractivity (Wildman–Crippen MR) is 48.9 cm³/mol. The minimum absolute atomic E-state index is 0.888. The Morgan fingerprint density at radius 1 is 1.58 bits per heavy atom. The number of nitrogens with zero attached hydrogens (tertiary/aromatic N) is 2. The van der Waals surface area contributed by atoms with Crippen LogP contribution in [0.3, 0.4) is 0 Å². The van der Waals surface area contributed by atoms with Crippen LogP contribution in [0.15, 0.2) is 12.4 Å². The van der Waals surface area contributed by atoms with Gasteiger partial charge in [-0.25, -0.2) is 0 Å². The third kappa shape index (κ3) is 1.52. The Bertz CT molecular complexity index is 259. The molecule has 66 valence electrons. The van der Waals surface area contributed by atoms with E-state index in [1.807, 2.05) is 6.20 Å². The lowest BCUT2D eigenvalue weighted by atomic mass is 9.76. The molecule has 12 heavy (non-hydrogen) atoms. The monoisotopic (exact) mass is 164 g/mol. The summed E-state index contributed by atoms with van der Waals surface area (Å²) in [4.78, 5) is 0. The quantitative estimate of drug-likeness (QED) is 0.655. The van der Waals surface area contributed by atoms with Crippen molar-refractivity contribution in [3.8, 4) is 0 Å². The Hall–Kier alpha value is -0.790. The number of hydrogen-bond donors (Lipinski definition) is 0. The zero-order valence-corrected chi connectivity index (χ0v) is 7.83. The standard InChI is InChI=1S/C10H16N2/c1-8-3-10(4-8)7-12-6-9(2)5-11-12/h5-6,8,10H,3-4,7H2,1-2H3. The first-order valence-corrected chi connectivity index (χ1v) is 4.73. The van der Waals surface area contributed by atoms with Gasteiger partial charge in [0.05, 0.1) is 6.20 Å². The summed E-state index contributed by atoms with van der Waals surface area (Å²) in [6.45, 7) is 5.54. The Morgan fingerprint density at radius 3 is 2.83 bits per heavy atom. The Morgan fingerprint density at radius 2 is 2.33 bits per heavy atom. The first-order chi connectivity index (χ1) is 5.74. The second-order valence-electron chi connectivity index (χ2n) is 4.18. The molecule has 2 nitrogen and oxygen atoms in total. The van der Waals surface area contributed by atoms with E-state index >= 15 is 0 Å². The van der Waals surface area contributed by atoms with Crippen LogP contribution in [-0.4, -0.2) is 9.78 Å². The third-order valence-electron chi connectivity index (χ3n) is 2.68. The van der Waals surface area contributed by atoms with Gasteiger partial charge in [0.2, 0.25) is 0 Å². The van der Waals surface area contributed by atoms with Crippen LogP contribution in [0.25, 0.3) is 0 Å². The second kappa shape index (κ2) is 2.92. The molecule has 0 unspecified atom stereocenters. The summed E-state index contributed by atoms with van der Waals surface area (Å²) in [7, 11) is 0. The van der Waals surface area contributed by atoms with Crippen LogP contribution >= 0.6 is 0 Å². The van der Waals surface area contributed by atoms with Crippen LogP contribution in [0.5, 0.6) is 0 Å². The summed E-state index contributed by atoms with van der Waals surface area (Å²) in [6, 6.07) is 0. The molecule has 0 aliphatic heterocycles. The highest BCUT2D eigenvalue weighted by Gasteiger charge is 2.25. The van der Waals surface area contributed by atoms with E-state index in [-0.39, 0.29) is 0 Å². The zero-order chi connectivity index (χ0) is 8.55. The van der Waals surface area contributed by atoms with Gasteiger partial charge in [0.15, 0.2) is 0 Å². The topological polar surface area (TPSA) is 17.8 Å². The van der Waals surface area contributed by atoms with Gasteiger partial charge in [0.25, 0.3) is 0 Å². The molecule has 0 radical (unpaired) electrons. The van der Waals surface area contributed by atoms with Crippen LogP contribution in [-0.2, 0) is 6.54 Å². The van der Waals surface area contributed by atoms with Crippen molar-refractivity contribution in [1.29, 1.82) is 0 Å². The molecule has 1 fully saturated rings. The lowest BCUT2D eigenvalue weighted by Crippen LogP contribution is -2.25. The molecule has 0 N–H and O–H groups in total. The molecule has 1 aliphatic carbocycles. The average Bonchev–Trinajstić information content (AvgIpc) is 2.33. The number of rotatable bonds is 2. The molecule has 1 aromatic rings. The zero-order valence-electron chi connectivity index (χ0n) is 7.83. The van der Waals surface area contributed by atoms with E-state index in [0.717, 1.165) is 18.4 Å². The molecule has 1 aromatic heterocycles. The van der Waals surface area contributed by atoms with Gasteiger partial charge in [-0.2, -0.15) is 5.10 Å². The normalized spacial score (nSPS) is 28.5. The van der Waals surface area contributed by atoms with Crippen molar-refractivity contribution < 1.29 is 0 Å². The lowest BCUT2D eigenvalue weighted by Gasteiger charge is -2.32. The number of aryl methyl sites for hydroxylation is 1. The predicted octanol–water partition coefficient (Wildman–Crippen LogP) is 2.24. The molecule has 0 amide bonds. The summed E-state index contributed by atoms with van der Waals surface area (Å²) in [5.41, 5.74) is 1.27. The van der Waals surface area contributed by atoms with Crippen molar-refractivity contribution in [2.45, 2.75) is 33.2 Å². The molecule has 0 saturated heterocycles. The van der Waals surface area contributed by atoms with Gasteiger partial charge >= 0.3 is 0 Å². The fraction of sp³-hybridized carbons (Fsp3) is 0.700. The van der Waals surface area contributed by atoms with Crippen LogP contribution in [0.1, 0.15) is 25.3 Å². The summed E-state index contributed by atoms with van der Waals surface area (Å²) in [6.07, 6.45) is 6.84. The van der Waals surface area contributed by atoms with Gasteiger partial charge in [0.1, 0.15) is 0 Å². The fourth-order valence-electron chi connectivity index (χ4n) is 2.05. The van der Waals surface area contributed by atoms with Crippen LogP contribution in [0.4, 0.5) is 0 Å². The first kappa shape index (κ1) is 7.84. The third-order valence-corrected chi connectivity index (χ3v) is 2.68. The van der Waals surface area contributed by atoms with Crippen LogP contribution in [0, 0.1) is 18.8 Å². The molecular formula is C10H16N2. The smallest absolute Gasteiger partial charge is 0.0518 e. The molecule has 0 spiro atoms. The molecule has 0 bridgehead atoms. The summed E-state index contributed by atoms with van der Waals surface area (Å²) in [5.74, 6) is 1.84. The molecule has 2 rings (SSSR count). The Labute approximate surface area is 73.6 Å². The van der Waals surface area contributed by atoms with E-state index in [4.69, 9.17) is 0 Å². The minimum atomic E-state index is 0.888. The van der Waals surface area contributed by atoms with E-state index in [9.17, 15) is 0 Å². The van der Waals surface area contributed by atoms with E-state index in [1.165, 1.54) is 18.4 Å². The Balaban J connectivity index is 1.88. The first-order valence-electron chi connectivity index (χ1n) is 4.73. The van der Waals surface area contributed by atoms with E-state index < -0.39 is 0 Å². The summed E-state index contributed by atoms with van der Waals surface area (Å²) in [5, 5.41) is 4.28. The van der Waals surface area contributed by atoms with E-state index in [2.05, 4.69) is 29.8 Å².